The number of nitrogens with one attached hydrogen (secondary N) is 1. The summed E-state index contributed by atoms with van der Waals surface area (Å²) in [4.78, 5) is 16.8. The van der Waals surface area contributed by atoms with Gasteiger partial charge in [0.15, 0.2) is 0 Å². The third-order valence-electron chi connectivity index (χ3n) is 3.61. The highest BCUT2D eigenvalue weighted by molar-refractivity contribution is 9.10. The molecule has 4 nitrogen and oxygen atoms in total. The molecule has 0 radical (unpaired) electrons. The van der Waals surface area contributed by atoms with E-state index in [-0.39, 0.29) is 5.91 Å². The molecule has 5 heteroatoms. The molecule has 1 aromatic carbocycles. The Hall–Kier alpha value is -0.910. The fourth-order valence-electron chi connectivity index (χ4n) is 2.39. The van der Waals surface area contributed by atoms with Crippen LogP contribution in [0.1, 0.15) is 10.4 Å². The lowest BCUT2D eigenvalue weighted by Crippen LogP contribution is -2.56. The molecule has 1 saturated heterocycles. The lowest BCUT2D eigenvalue weighted by atomic mass is 10.1. The smallest absolute Gasteiger partial charge is 0.255 e. The molecule has 1 amide bonds. The van der Waals surface area contributed by atoms with Crippen molar-refractivity contribution in [1.29, 1.82) is 0 Å². The summed E-state index contributed by atoms with van der Waals surface area (Å²) in [7, 11) is 4.06. The zero-order chi connectivity index (χ0) is 13.8. The van der Waals surface area contributed by atoms with Gasteiger partial charge in [0, 0.05) is 36.7 Å². The second-order valence-electron chi connectivity index (χ2n) is 4.92. The molecule has 0 spiro atoms. The second-order valence-corrected chi connectivity index (χ2v) is 5.78. The highest BCUT2D eigenvalue weighted by Crippen LogP contribution is 2.19. The van der Waals surface area contributed by atoms with Crippen LogP contribution in [0.3, 0.4) is 0 Å². The zero-order valence-electron chi connectivity index (χ0n) is 11.4. The molecule has 104 valence electrons. The maximum atomic E-state index is 12.5. The fourth-order valence-corrected chi connectivity index (χ4v) is 2.85. The number of hydrogen-bond donors (Lipinski definition) is 1. The van der Waals surface area contributed by atoms with Gasteiger partial charge >= 0.3 is 0 Å². The van der Waals surface area contributed by atoms with Crippen LogP contribution in [-0.4, -0.2) is 62.0 Å². The molecule has 1 unspecified atom stereocenters. The number of carbonyl (C=O) groups excluding carboxylic acids is 1. The molecule has 1 atom stereocenters. The molecular formula is C14H20BrN3O. The number of carbonyl (C=O) groups is 1. The Morgan fingerprint density at radius 2 is 2.16 bits per heavy atom. The van der Waals surface area contributed by atoms with Crippen LogP contribution in [0.4, 0.5) is 0 Å². The molecule has 1 aromatic rings. The molecule has 1 N–H and O–H groups in total. The maximum Gasteiger partial charge on any atom is 0.255 e. The molecule has 19 heavy (non-hydrogen) atoms. The topological polar surface area (TPSA) is 35.6 Å². The Balaban J connectivity index is 2.10. The Morgan fingerprint density at radius 1 is 1.42 bits per heavy atom. The summed E-state index contributed by atoms with van der Waals surface area (Å²) >= 11 is 3.45. The standard InChI is InChI=1S/C14H20BrN3O/c1-16-9-11-10-18(8-7-17(11)2)14(19)12-5-3-4-6-13(12)15/h3-6,11,16H,7-10H2,1-2H3. The number of halogens is 1. The van der Waals surface area contributed by atoms with Crippen molar-refractivity contribution in [2.75, 3.05) is 40.3 Å². The summed E-state index contributed by atoms with van der Waals surface area (Å²) < 4.78 is 0.865. The van der Waals surface area contributed by atoms with Crippen LogP contribution >= 0.6 is 15.9 Å². The molecule has 2 rings (SSSR count). The summed E-state index contributed by atoms with van der Waals surface area (Å²) in [6.07, 6.45) is 0. The number of nitrogens with zero attached hydrogens (tertiary/aromatic N) is 2. The summed E-state index contributed by atoms with van der Waals surface area (Å²) in [5.74, 6) is 0.113. The van der Waals surface area contributed by atoms with Crippen LogP contribution in [0.15, 0.2) is 28.7 Å². The van der Waals surface area contributed by atoms with E-state index in [0.29, 0.717) is 6.04 Å². The van der Waals surface area contributed by atoms with Gasteiger partial charge in [0.2, 0.25) is 0 Å². The highest BCUT2D eigenvalue weighted by Gasteiger charge is 2.27. The van der Waals surface area contributed by atoms with Gasteiger partial charge < -0.3 is 10.2 Å². The Labute approximate surface area is 122 Å². The van der Waals surface area contributed by atoms with Gasteiger partial charge in [-0.05, 0) is 42.2 Å². The SMILES string of the molecule is CNCC1CN(C(=O)c2ccccc2Br)CCN1C. The zero-order valence-corrected chi connectivity index (χ0v) is 13.0. The van der Waals surface area contributed by atoms with Gasteiger partial charge in [0.05, 0.1) is 5.56 Å². The summed E-state index contributed by atoms with van der Waals surface area (Å²) in [6, 6.07) is 7.99. The van der Waals surface area contributed by atoms with Gasteiger partial charge in [-0.1, -0.05) is 12.1 Å². The number of hydrogen-bond acceptors (Lipinski definition) is 3. The molecule has 1 fully saturated rings. The predicted octanol–water partition coefficient (Wildman–Crippen LogP) is 1.42. The number of benzene rings is 1. The van der Waals surface area contributed by atoms with E-state index in [1.165, 1.54) is 0 Å². The van der Waals surface area contributed by atoms with E-state index in [1.54, 1.807) is 0 Å². The van der Waals surface area contributed by atoms with Crippen molar-refractivity contribution in [3.63, 3.8) is 0 Å². The Morgan fingerprint density at radius 3 is 2.84 bits per heavy atom. The van der Waals surface area contributed by atoms with Crippen molar-refractivity contribution in [1.82, 2.24) is 15.1 Å². The van der Waals surface area contributed by atoms with Gasteiger partial charge in [0.1, 0.15) is 0 Å². The minimum atomic E-state index is 0.113. The quantitative estimate of drug-likeness (QED) is 0.913. The van der Waals surface area contributed by atoms with Crippen LogP contribution in [0, 0.1) is 0 Å². The number of amides is 1. The average Bonchev–Trinajstić information content (AvgIpc) is 2.41. The van der Waals surface area contributed by atoms with Gasteiger partial charge in [-0.25, -0.2) is 0 Å². The molecular weight excluding hydrogens is 306 g/mol. The predicted molar refractivity (Wildman–Crippen MR) is 80.4 cm³/mol. The van der Waals surface area contributed by atoms with E-state index >= 15 is 0 Å². The highest BCUT2D eigenvalue weighted by atomic mass is 79.9. The normalized spacial score (nSPS) is 20.6. The third kappa shape index (κ3) is 3.35. The molecule has 1 aliphatic rings. The van der Waals surface area contributed by atoms with E-state index < -0.39 is 0 Å². The molecule has 0 bridgehead atoms. The molecule has 1 aliphatic heterocycles. The van der Waals surface area contributed by atoms with E-state index in [2.05, 4.69) is 33.2 Å². The average molecular weight is 326 g/mol. The van der Waals surface area contributed by atoms with Crippen LogP contribution in [0.5, 0.6) is 0 Å². The minimum absolute atomic E-state index is 0.113. The minimum Gasteiger partial charge on any atom is -0.336 e. The number of piperazine rings is 1. The van der Waals surface area contributed by atoms with E-state index in [1.807, 2.05) is 36.2 Å². The lowest BCUT2D eigenvalue weighted by Gasteiger charge is -2.39. The lowest BCUT2D eigenvalue weighted by molar-refractivity contribution is 0.0549. The van der Waals surface area contributed by atoms with Crippen molar-refractivity contribution in [2.24, 2.45) is 0 Å². The van der Waals surface area contributed by atoms with Crippen LogP contribution in [0.25, 0.3) is 0 Å². The fraction of sp³-hybridized carbons (Fsp3) is 0.500. The summed E-state index contributed by atoms with van der Waals surface area (Å²) in [6.45, 7) is 3.38. The van der Waals surface area contributed by atoms with E-state index in [0.717, 1.165) is 36.2 Å². The first kappa shape index (κ1) is 14.5. The Bertz CT molecular complexity index is 452. The largest absolute Gasteiger partial charge is 0.336 e. The van der Waals surface area contributed by atoms with Crippen LogP contribution in [0.2, 0.25) is 0 Å². The van der Waals surface area contributed by atoms with Crippen LogP contribution < -0.4 is 5.32 Å². The number of likely N-dealkylation sites (N-methyl/N-ethyl adjacent to an activating group) is 2. The molecule has 0 aliphatic carbocycles. The Kier molecular flexibility index (Phi) is 4.96. The van der Waals surface area contributed by atoms with Crippen molar-refractivity contribution >= 4 is 21.8 Å². The summed E-state index contributed by atoms with van der Waals surface area (Å²) in [5, 5.41) is 3.19. The first-order valence-corrected chi connectivity index (χ1v) is 7.31. The van der Waals surface area contributed by atoms with E-state index in [9.17, 15) is 4.79 Å². The van der Waals surface area contributed by atoms with Gasteiger partial charge in [-0.15, -0.1) is 0 Å². The van der Waals surface area contributed by atoms with Crippen molar-refractivity contribution < 1.29 is 4.79 Å². The first-order valence-electron chi connectivity index (χ1n) is 6.52. The molecule has 0 aromatic heterocycles. The summed E-state index contributed by atoms with van der Waals surface area (Å²) in [5.41, 5.74) is 0.746. The van der Waals surface area contributed by atoms with Crippen molar-refractivity contribution in [2.45, 2.75) is 6.04 Å². The van der Waals surface area contributed by atoms with Gasteiger partial charge in [0.25, 0.3) is 5.91 Å². The number of rotatable bonds is 3. The second kappa shape index (κ2) is 6.50. The van der Waals surface area contributed by atoms with Crippen molar-refractivity contribution in [3.05, 3.63) is 34.3 Å². The van der Waals surface area contributed by atoms with Crippen molar-refractivity contribution in [3.8, 4) is 0 Å². The maximum absolute atomic E-state index is 12.5. The third-order valence-corrected chi connectivity index (χ3v) is 4.30. The molecule has 1 heterocycles. The monoisotopic (exact) mass is 325 g/mol. The first-order chi connectivity index (χ1) is 9.13. The van der Waals surface area contributed by atoms with Gasteiger partial charge in [-0.2, -0.15) is 0 Å². The van der Waals surface area contributed by atoms with Crippen LogP contribution in [-0.2, 0) is 0 Å². The van der Waals surface area contributed by atoms with Gasteiger partial charge in [-0.3, -0.25) is 9.69 Å². The molecule has 0 saturated carbocycles. The van der Waals surface area contributed by atoms with E-state index in [4.69, 9.17) is 0 Å².